The second kappa shape index (κ2) is 5.44. The molecule has 0 bridgehead atoms. The van der Waals surface area contributed by atoms with Gasteiger partial charge in [0.05, 0.1) is 6.42 Å². The lowest BCUT2D eigenvalue weighted by molar-refractivity contribution is -0.136. The monoisotopic (exact) mass is 248 g/mol. The van der Waals surface area contributed by atoms with Crippen LogP contribution in [0.15, 0.2) is 30.5 Å². The number of carboxylic acids is 1. The lowest BCUT2D eigenvalue weighted by Crippen LogP contribution is -1.98. The van der Waals surface area contributed by atoms with E-state index in [0.717, 1.165) is 17.1 Å². The minimum atomic E-state index is -0.829. The number of carboxylic acid groups (broad SMARTS) is 1. The van der Waals surface area contributed by atoms with Crippen molar-refractivity contribution >= 4 is 5.97 Å². The van der Waals surface area contributed by atoms with Gasteiger partial charge in [0.2, 0.25) is 0 Å². The predicted octanol–water partition coefficient (Wildman–Crippen LogP) is 2.16. The molecule has 0 saturated carbocycles. The molecule has 1 aromatic carbocycles. The topological polar surface area (TPSA) is 66.0 Å². The highest BCUT2D eigenvalue weighted by Crippen LogP contribution is 2.09. The van der Waals surface area contributed by atoms with Gasteiger partial charge in [-0.05, 0) is 24.1 Å². The van der Waals surface area contributed by atoms with Crippen molar-refractivity contribution in [2.75, 3.05) is 0 Å². The number of hydrogen-bond donors (Lipinski definition) is 2. The van der Waals surface area contributed by atoms with Crippen LogP contribution < -0.4 is 0 Å². The van der Waals surface area contributed by atoms with E-state index in [1.807, 2.05) is 0 Å². The zero-order chi connectivity index (χ0) is 13.0. The standard InChI is InChI=1S/C13H13FN2O2/c14-10-3-1-9(2-4-10)7-12-15-8-11(16-12)5-6-13(17)18/h1-4,8H,5-7H2,(H,15,16)(H,17,18). The van der Waals surface area contributed by atoms with Crippen molar-refractivity contribution in [2.24, 2.45) is 0 Å². The normalized spacial score (nSPS) is 10.5. The van der Waals surface area contributed by atoms with Gasteiger partial charge in [-0.1, -0.05) is 12.1 Å². The quantitative estimate of drug-likeness (QED) is 0.852. The molecule has 0 saturated heterocycles. The van der Waals surface area contributed by atoms with E-state index in [1.165, 1.54) is 12.1 Å². The zero-order valence-electron chi connectivity index (χ0n) is 9.69. The number of aromatic amines is 1. The van der Waals surface area contributed by atoms with E-state index in [2.05, 4.69) is 9.97 Å². The van der Waals surface area contributed by atoms with Crippen molar-refractivity contribution in [2.45, 2.75) is 19.3 Å². The largest absolute Gasteiger partial charge is 0.481 e. The molecule has 5 heteroatoms. The highest BCUT2D eigenvalue weighted by atomic mass is 19.1. The molecule has 0 unspecified atom stereocenters. The Bertz CT molecular complexity index is 534. The van der Waals surface area contributed by atoms with Crippen LogP contribution in [0.2, 0.25) is 0 Å². The summed E-state index contributed by atoms with van der Waals surface area (Å²) in [6.45, 7) is 0. The molecule has 2 N–H and O–H groups in total. The molecule has 0 aliphatic carbocycles. The van der Waals surface area contributed by atoms with E-state index in [0.29, 0.717) is 12.8 Å². The van der Waals surface area contributed by atoms with Crippen molar-refractivity contribution in [3.05, 3.63) is 53.4 Å². The first-order valence-corrected chi connectivity index (χ1v) is 5.62. The molecule has 1 aromatic heterocycles. The summed E-state index contributed by atoms with van der Waals surface area (Å²) in [6.07, 6.45) is 2.74. The first kappa shape index (κ1) is 12.3. The molecular weight excluding hydrogens is 235 g/mol. The van der Waals surface area contributed by atoms with Gasteiger partial charge in [-0.3, -0.25) is 4.79 Å². The summed E-state index contributed by atoms with van der Waals surface area (Å²) in [5.74, 6) is -0.341. The average molecular weight is 248 g/mol. The molecule has 0 amide bonds. The number of imidazole rings is 1. The summed E-state index contributed by atoms with van der Waals surface area (Å²) in [5.41, 5.74) is 1.75. The third-order valence-electron chi connectivity index (χ3n) is 2.57. The van der Waals surface area contributed by atoms with Crippen LogP contribution in [0.3, 0.4) is 0 Å². The number of halogens is 1. The Morgan fingerprint density at radius 3 is 2.72 bits per heavy atom. The van der Waals surface area contributed by atoms with Crippen LogP contribution >= 0.6 is 0 Å². The maximum absolute atomic E-state index is 12.7. The van der Waals surface area contributed by atoms with Crippen LogP contribution in [0.4, 0.5) is 4.39 Å². The van der Waals surface area contributed by atoms with Crippen LogP contribution in [0.1, 0.15) is 23.5 Å². The Morgan fingerprint density at radius 1 is 1.33 bits per heavy atom. The second-order valence-electron chi connectivity index (χ2n) is 4.05. The number of H-pyrrole nitrogens is 1. The Hall–Kier alpha value is -2.17. The molecule has 0 atom stereocenters. The van der Waals surface area contributed by atoms with E-state index in [1.54, 1.807) is 18.3 Å². The summed E-state index contributed by atoms with van der Waals surface area (Å²) >= 11 is 0. The summed E-state index contributed by atoms with van der Waals surface area (Å²) in [4.78, 5) is 17.7. The van der Waals surface area contributed by atoms with Crippen LogP contribution in [0.25, 0.3) is 0 Å². The smallest absolute Gasteiger partial charge is 0.303 e. The molecule has 1 heterocycles. The Labute approximate surface area is 103 Å². The van der Waals surface area contributed by atoms with Gasteiger partial charge in [0.1, 0.15) is 11.6 Å². The highest BCUT2D eigenvalue weighted by molar-refractivity contribution is 5.66. The number of nitrogens with zero attached hydrogens (tertiary/aromatic N) is 1. The van der Waals surface area contributed by atoms with Gasteiger partial charge in [-0.15, -0.1) is 0 Å². The van der Waals surface area contributed by atoms with Gasteiger partial charge in [-0.25, -0.2) is 9.37 Å². The number of aromatic nitrogens is 2. The molecule has 18 heavy (non-hydrogen) atoms. The third kappa shape index (κ3) is 3.41. The number of aryl methyl sites for hydroxylation is 1. The van der Waals surface area contributed by atoms with Crippen molar-refractivity contribution in [3.63, 3.8) is 0 Å². The fraction of sp³-hybridized carbons (Fsp3) is 0.231. The predicted molar refractivity (Wildman–Crippen MR) is 63.8 cm³/mol. The molecule has 0 aliphatic heterocycles. The van der Waals surface area contributed by atoms with Gasteiger partial charge >= 0.3 is 5.97 Å². The fourth-order valence-electron chi connectivity index (χ4n) is 1.66. The highest BCUT2D eigenvalue weighted by Gasteiger charge is 2.04. The summed E-state index contributed by atoms with van der Waals surface area (Å²) in [7, 11) is 0. The minimum absolute atomic E-state index is 0.0815. The maximum atomic E-state index is 12.7. The van der Waals surface area contributed by atoms with Crippen LogP contribution in [0, 0.1) is 5.82 Å². The fourth-order valence-corrected chi connectivity index (χ4v) is 1.66. The molecule has 4 nitrogen and oxygen atoms in total. The summed E-state index contributed by atoms with van der Waals surface area (Å²) in [6, 6.07) is 6.22. The number of nitrogens with one attached hydrogen (secondary N) is 1. The van der Waals surface area contributed by atoms with Crippen molar-refractivity contribution in [1.29, 1.82) is 0 Å². The Balaban J connectivity index is 1.97. The van der Waals surface area contributed by atoms with E-state index in [9.17, 15) is 9.18 Å². The molecule has 0 fully saturated rings. The van der Waals surface area contributed by atoms with Gasteiger partial charge in [-0.2, -0.15) is 0 Å². The van der Waals surface area contributed by atoms with Crippen LogP contribution in [-0.4, -0.2) is 21.0 Å². The van der Waals surface area contributed by atoms with Gasteiger partial charge in [0.25, 0.3) is 0 Å². The Morgan fingerprint density at radius 2 is 2.06 bits per heavy atom. The molecule has 0 aliphatic rings. The number of carbonyl (C=O) groups is 1. The van der Waals surface area contributed by atoms with Crippen molar-refractivity contribution < 1.29 is 14.3 Å². The van der Waals surface area contributed by atoms with Gasteiger partial charge in [0, 0.05) is 18.3 Å². The van der Waals surface area contributed by atoms with Gasteiger partial charge in [0.15, 0.2) is 0 Å². The van der Waals surface area contributed by atoms with Crippen LogP contribution in [-0.2, 0) is 17.6 Å². The number of aliphatic carboxylic acids is 1. The van der Waals surface area contributed by atoms with Crippen LogP contribution in [0.5, 0.6) is 0 Å². The first-order chi connectivity index (χ1) is 8.63. The van der Waals surface area contributed by atoms with Crippen molar-refractivity contribution in [1.82, 2.24) is 9.97 Å². The molecule has 0 spiro atoms. The summed E-state index contributed by atoms with van der Waals surface area (Å²) < 4.78 is 12.7. The van der Waals surface area contributed by atoms with E-state index in [-0.39, 0.29) is 12.2 Å². The molecule has 2 aromatic rings. The second-order valence-corrected chi connectivity index (χ2v) is 4.05. The minimum Gasteiger partial charge on any atom is -0.481 e. The van der Waals surface area contributed by atoms with E-state index < -0.39 is 5.97 Å². The third-order valence-corrected chi connectivity index (χ3v) is 2.57. The zero-order valence-corrected chi connectivity index (χ0v) is 9.69. The first-order valence-electron chi connectivity index (χ1n) is 5.62. The molecule has 94 valence electrons. The van der Waals surface area contributed by atoms with E-state index >= 15 is 0 Å². The number of hydrogen-bond acceptors (Lipinski definition) is 2. The Kier molecular flexibility index (Phi) is 3.72. The molecular formula is C13H13FN2O2. The maximum Gasteiger partial charge on any atom is 0.303 e. The van der Waals surface area contributed by atoms with E-state index in [4.69, 9.17) is 5.11 Å². The summed E-state index contributed by atoms with van der Waals surface area (Å²) in [5, 5.41) is 8.57. The van der Waals surface area contributed by atoms with Crippen molar-refractivity contribution in [3.8, 4) is 0 Å². The molecule has 2 rings (SSSR count). The number of rotatable bonds is 5. The molecule has 0 radical (unpaired) electrons. The lowest BCUT2D eigenvalue weighted by Gasteiger charge is -1.98. The lowest BCUT2D eigenvalue weighted by atomic mass is 10.1. The average Bonchev–Trinajstić information content (AvgIpc) is 2.77. The van der Waals surface area contributed by atoms with Gasteiger partial charge < -0.3 is 10.1 Å². The SMILES string of the molecule is O=C(O)CCc1cnc(Cc2ccc(F)cc2)[nH]1. The number of benzene rings is 1.